The lowest BCUT2D eigenvalue weighted by atomic mass is 10.1. The van der Waals surface area contributed by atoms with E-state index in [4.69, 9.17) is 5.21 Å². The summed E-state index contributed by atoms with van der Waals surface area (Å²) < 4.78 is 0. The van der Waals surface area contributed by atoms with Gasteiger partial charge in [0.2, 0.25) is 5.91 Å². The maximum absolute atomic E-state index is 12.5. The third-order valence-electron chi connectivity index (χ3n) is 4.51. The number of hydrogen-bond donors (Lipinski definition) is 2. The molecule has 140 valence electrons. The van der Waals surface area contributed by atoms with E-state index in [9.17, 15) is 9.59 Å². The zero-order valence-electron chi connectivity index (χ0n) is 14.9. The normalized spacial score (nSPS) is 14.4. The summed E-state index contributed by atoms with van der Waals surface area (Å²) in [6.45, 7) is 2.73. The molecule has 3 rings (SSSR count). The van der Waals surface area contributed by atoms with E-state index in [-0.39, 0.29) is 5.91 Å². The third-order valence-corrected chi connectivity index (χ3v) is 4.51. The second-order valence-electron chi connectivity index (χ2n) is 6.27. The monoisotopic (exact) mass is 366 g/mol. The number of nitrogens with zero attached hydrogens (tertiary/aromatic N) is 3. The molecule has 1 aromatic carbocycles. The molecule has 0 unspecified atom stereocenters. The molecule has 1 aliphatic rings. The van der Waals surface area contributed by atoms with Crippen molar-refractivity contribution in [1.29, 1.82) is 0 Å². The Morgan fingerprint density at radius 3 is 2.59 bits per heavy atom. The number of hydroxylamine groups is 1. The van der Waals surface area contributed by atoms with Crippen LogP contribution in [0.25, 0.3) is 6.08 Å². The van der Waals surface area contributed by atoms with Gasteiger partial charge in [-0.15, -0.1) is 0 Å². The van der Waals surface area contributed by atoms with E-state index >= 15 is 0 Å². The van der Waals surface area contributed by atoms with Crippen LogP contribution in [0.4, 0.5) is 5.69 Å². The first-order chi connectivity index (χ1) is 13.2. The molecule has 0 saturated carbocycles. The van der Waals surface area contributed by atoms with Crippen LogP contribution in [0.5, 0.6) is 0 Å². The van der Waals surface area contributed by atoms with Gasteiger partial charge in [-0.1, -0.05) is 24.3 Å². The molecular formula is C20H22N4O3. The maximum atomic E-state index is 12.5. The number of amides is 2. The highest BCUT2D eigenvalue weighted by Crippen LogP contribution is 2.23. The van der Waals surface area contributed by atoms with E-state index in [1.807, 2.05) is 41.3 Å². The van der Waals surface area contributed by atoms with Crippen molar-refractivity contribution in [2.24, 2.45) is 0 Å². The zero-order chi connectivity index (χ0) is 19.1. The highest BCUT2D eigenvalue weighted by atomic mass is 16.5. The van der Waals surface area contributed by atoms with E-state index in [1.165, 1.54) is 6.08 Å². The molecule has 7 heteroatoms. The average molecular weight is 366 g/mol. The van der Waals surface area contributed by atoms with Crippen molar-refractivity contribution in [3.63, 3.8) is 0 Å². The fourth-order valence-electron chi connectivity index (χ4n) is 3.11. The third kappa shape index (κ3) is 4.92. The van der Waals surface area contributed by atoms with Gasteiger partial charge in [0, 0.05) is 50.3 Å². The van der Waals surface area contributed by atoms with Gasteiger partial charge in [0.25, 0.3) is 5.91 Å². The molecule has 7 nitrogen and oxygen atoms in total. The number of carbonyl (C=O) groups is 2. The van der Waals surface area contributed by atoms with E-state index in [0.717, 1.165) is 29.9 Å². The molecule has 1 saturated heterocycles. The summed E-state index contributed by atoms with van der Waals surface area (Å²) in [5, 5.41) is 8.62. The number of nitrogens with one attached hydrogen (secondary N) is 1. The number of para-hydroxylation sites is 1. The summed E-state index contributed by atoms with van der Waals surface area (Å²) in [7, 11) is 0. The summed E-state index contributed by atoms with van der Waals surface area (Å²) in [5.74, 6) is -0.467. The lowest BCUT2D eigenvalue weighted by Gasteiger charge is -2.37. The van der Waals surface area contributed by atoms with Crippen LogP contribution >= 0.6 is 0 Å². The highest BCUT2D eigenvalue weighted by Gasteiger charge is 2.22. The first-order valence-electron chi connectivity index (χ1n) is 8.80. The second kappa shape index (κ2) is 8.95. The standard InChI is InChI=1S/C20H22N4O3/c25-19(22-27)8-7-17-5-1-2-6-18(17)23-10-12-24(13-11-23)20(26)14-16-4-3-9-21-15-16/h1-9,15,27H,10-14H2,(H,22,25)/b8-7+. The molecule has 2 heterocycles. The first kappa shape index (κ1) is 18.6. The highest BCUT2D eigenvalue weighted by molar-refractivity contribution is 5.91. The number of anilines is 1. The van der Waals surface area contributed by atoms with Gasteiger partial charge in [0.05, 0.1) is 6.42 Å². The van der Waals surface area contributed by atoms with Gasteiger partial charge < -0.3 is 9.80 Å². The maximum Gasteiger partial charge on any atom is 0.267 e. The van der Waals surface area contributed by atoms with Crippen LogP contribution in [-0.4, -0.2) is 53.1 Å². The van der Waals surface area contributed by atoms with Gasteiger partial charge >= 0.3 is 0 Å². The molecule has 0 aliphatic carbocycles. The topological polar surface area (TPSA) is 85.8 Å². The van der Waals surface area contributed by atoms with E-state index in [2.05, 4.69) is 9.88 Å². The molecular weight excluding hydrogens is 344 g/mol. The van der Waals surface area contributed by atoms with Crippen molar-refractivity contribution in [3.05, 3.63) is 66.0 Å². The first-order valence-corrected chi connectivity index (χ1v) is 8.80. The van der Waals surface area contributed by atoms with Gasteiger partial charge in [-0.3, -0.25) is 19.8 Å². The number of benzene rings is 1. The Hall–Kier alpha value is -3.19. The molecule has 0 bridgehead atoms. The van der Waals surface area contributed by atoms with Crippen LogP contribution in [0.1, 0.15) is 11.1 Å². The van der Waals surface area contributed by atoms with Crippen LogP contribution in [0.2, 0.25) is 0 Å². The molecule has 1 aromatic heterocycles. The lowest BCUT2D eigenvalue weighted by molar-refractivity contribution is -0.130. The molecule has 1 aliphatic heterocycles. The summed E-state index contributed by atoms with van der Waals surface area (Å²) in [5.41, 5.74) is 4.39. The van der Waals surface area contributed by atoms with E-state index in [1.54, 1.807) is 23.9 Å². The van der Waals surface area contributed by atoms with Crippen LogP contribution in [-0.2, 0) is 16.0 Å². The molecule has 0 atom stereocenters. The predicted octanol–water partition coefficient (Wildman–Crippen LogP) is 1.49. The summed E-state index contributed by atoms with van der Waals surface area (Å²) >= 11 is 0. The number of piperazine rings is 1. The smallest absolute Gasteiger partial charge is 0.267 e. The zero-order valence-corrected chi connectivity index (χ0v) is 14.9. The van der Waals surface area contributed by atoms with Gasteiger partial charge in [-0.25, -0.2) is 5.48 Å². The lowest BCUT2D eigenvalue weighted by Crippen LogP contribution is -2.49. The Kier molecular flexibility index (Phi) is 6.17. The Bertz CT molecular complexity index is 815. The van der Waals surface area contributed by atoms with Gasteiger partial charge in [-0.05, 0) is 29.3 Å². The Labute approximate surface area is 157 Å². The summed E-state index contributed by atoms with van der Waals surface area (Å²) in [6, 6.07) is 11.5. The Morgan fingerprint density at radius 2 is 1.89 bits per heavy atom. The van der Waals surface area contributed by atoms with Gasteiger partial charge in [0.15, 0.2) is 0 Å². The van der Waals surface area contributed by atoms with Crippen LogP contribution in [0.3, 0.4) is 0 Å². The molecule has 2 N–H and O–H groups in total. The predicted molar refractivity (Wildman–Crippen MR) is 102 cm³/mol. The van der Waals surface area contributed by atoms with E-state index < -0.39 is 5.91 Å². The van der Waals surface area contributed by atoms with Crippen molar-refractivity contribution in [2.45, 2.75) is 6.42 Å². The van der Waals surface area contributed by atoms with Crippen molar-refractivity contribution >= 4 is 23.6 Å². The molecule has 0 radical (unpaired) electrons. The molecule has 2 aromatic rings. The Morgan fingerprint density at radius 1 is 1.11 bits per heavy atom. The number of pyridine rings is 1. The molecule has 2 amide bonds. The van der Waals surface area contributed by atoms with Crippen molar-refractivity contribution in [2.75, 3.05) is 31.1 Å². The number of aromatic nitrogens is 1. The van der Waals surface area contributed by atoms with Crippen molar-refractivity contribution in [1.82, 2.24) is 15.4 Å². The number of rotatable bonds is 5. The fourth-order valence-corrected chi connectivity index (χ4v) is 3.11. The second-order valence-corrected chi connectivity index (χ2v) is 6.27. The fraction of sp³-hybridized carbons (Fsp3) is 0.250. The largest absolute Gasteiger partial charge is 0.367 e. The van der Waals surface area contributed by atoms with Crippen molar-refractivity contribution < 1.29 is 14.8 Å². The average Bonchev–Trinajstić information content (AvgIpc) is 2.73. The SMILES string of the molecule is O=C(/C=C/c1ccccc1N1CCN(C(=O)Cc2cccnc2)CC1)NO. The van der Waals surface area contributed by atoms with Crippen LogP contribution in [0.15, 0.2) is 54.9 Å². The minimum absolute atomic E-state index is 0.107. The quantitative estimate of drug-likeness (QED) is 0.476. The van der Waals surface area contributed by atoms with Crippen LogP contribution in [0, 0.1) is 0 Å². The summed E-state index contributed by atoms with van der Waals surface area (Å²) in [4.78, 5) is 31.8. The van der Waals surface area contributed by atoms with Crippen LogP contribution < -0.4 is 10.4 Å². The number of carbonyl (C=O) groups excluding carboxylic acids is 2. The summed E-state index contributed by atoms with van der Waals surface area (Å²) in [6.07, 6.45) is 6.73. The Balaban J connectivity index is 1.62. The van der Waals surface area contributed by atoms with E-state index in [0.29, 0.717) is 19.5 Å². The minimum Gasteiger partial charge on any atom is -0.367 e. The molecule has 27 heavy (non-hydrogen) atoms. The molecule has 0 spiro atoms. The minimum atomic E-state index is -0.573. The van der Waals surface area contributed by atoms with Gasteiger partial charge in [0.1, 0.15) is 0 Å². The van der Waals surface area contributed by atoms with Gasteiger partial charge in [-0.2, -0.15) is 0 Å². The number of hydrogen-bond acceptors (Lipinski definition) is 5. The van der Waals surface area contributed by atoms with Crippen molar-refractivity contribution in [3.8, 4) is 0 Å². The molecule has 1 fully saturated rings.